The van der Waals surface area contributed by atoms with Crippen LogP contribution in [-0.2, 0) is 0 Å². The first-order valence-electron chi connectivity index (χ1n) is 6.23. The minimum absolute atomic E-state index is 0.305. The Hall–Kier alpha value is -0.0800. The number of hydrogen-bond acceptors (Lipinski definition) is 2. The second-order valence-corrected chi connectivity index (χ2v) is 7.29. The molecule has 2 heteroatoms. The van der Waals surface area contributed by atoms with Crippen molar-refractivity contribution in [3.05, 3.63) is 0 Å². The molecule has 0 aromatic heterocycles. The van der Waals surface area contributed by atoms with Crippen molar-refractivity contribution in [3.8, 4) is 0 Å². The largest absolute Gasteiger partial charge is 0.311 e. The summed E-state index contributed by atoms with van der Waals surface area (Å²) in [5.41, 5.74) is 0.680. The molecule has 0 radical (unpaired) electrons. The Kier molecular flexibility index (Phi) is 2.44. The molecular formula is C13H26N2. The summed E-state index contributed by atoms with van der Waals surface area (Å²) in [6.07, 6.45) is 1.35. The monoisotopic (exact) mass is 210 g/mol. The minimum Gasteiger partial charge on any atom is -0.311 e. The van der Waals surface area contributed by atoms with Gasteiger partial charge in [-0.1, -0.05) is 20.8 Å². The highest BCUT2D eigenvalue weighted by molar-refractivity contribution is 5.11. The second-order valence-electron chi connectivity index (χ2n) is 7.29. The summed E-state index contributed by atoms with van der Waals surface area (Å²) < 4.78 is 0. The van der Waals surface area contributed by atoms with Crippen LogP contribution in [0.25, 0.3) is 0 Å². The second kappa shape index (κ2) is 3.21. The molecule has 2 saturated heterocycles. The van der Waals surface area contributed by atoms with E-state index in [1.807, 2.05) is 0 Å². The number of piperazine rings is 1. The zero-order chi connectivity index (χ0) is 11.4. The van der Waals surface area contributed by atoms with E-state index in [0.717, 1.165) is 6.04 Å². The molecule has 0 aromatic carbocycles. The highest BCUT2D eigenvalue weighted by Gasteiger charge is 2.53. The molecule has 88 valence electrons. The summed E-state index contributed by atoms with van der Waals surface area (Å²) >= 11 is 0. The van der Waals surface area contributed by atoms with E-state index < -0.39 is 0 Å². The van der Waals surface area contributed by atoms with Crippen LogP contribution in [0.2, 0.25) is 0 Å². The third kappa shape index (κ3) is 1.83. The number of nitrogens with zero attached hydrogens (tertiary/aromatic N) is 1. The normalized spacial score (nSPS) is 37.6. The molecule has 2 rings (SSSR count). The van der Waals surface area contributed by atoms with Gasteiger partial charge in [0.1, 0.15) is 0 Å². The maximum absolute atomic E-state index is 3.67. The van der Waals surface area contributed by atoms with Gasteiger partial charge in [0.2, 0.25) is 0 Å². The Morgan fingerprint density at radius 3 is 2.07 bits per heavy atom. The van der Waals surface area contributed by atoms with Crippen LogP contribution < -0.4 is 5.32 Å². The third-order valence-corrected chi connectivity index (χ3v) is 3.88. The Labute approximate surface area is 94.4 Å². The van der Waals surface area contributed by atoms with Crippen LogP contribution in [0.1, 0.15) is 48.0 Å². The maximum atomic E-state index is 3.67. The smallest absolute Gasteiger partial charge is 0.0307 e. The Morgan fingerprint density at radius 1 is 1.07 bits per heavy atom. The van der Waals surface area contributed by atoms with Crippen LogP contribution in [0.4, 0.5) is 0 Å². The minimum atomic E-state index is 0.305. The van der Waals surface area contributed by atoms with Crippen molar-refractivity contribution in [2.45, 2.75) is 71.6 Å². The van der Waals surface area contributed by atoms with Gasteiger partial charge in [-0.2, -0.15) is 0 Å². The van der Waals surface area contributed by atoms with Crippen LogP contribution in [0, 0.1) is 5.41 Å². The number of nitrogens with one attached hydrogen (secondary N) is 1. The Bertz CT molecular complexity index is 220. The Morgan fingerprint density at radius 2 is 1.67 bits per heavy atom. The molecule has 2 heterocycles. The first-order valence-corrected chi connectivity index (χ1v) is 6.23. The van der Waals surface area contributed by atoms with E-state index in [1.165, 1.54) is 13.0 Å². The summed E-state index contributed by atoms with van der Waals surface area (Å²) in [4.78, 5) is 2.76. The lowest BCUT2D eigenvalue weighted by atomic mass is 9.81. The predicted octanol–water partition coefficient (Wildman–Crippen LogP) is 2.25. The van der Waals surface area contributed by atoms with Gasteiger partial charge >= 0.3 is 0 Å². The molecule has 15 heavy (non-hydrogen) atoms. The fourth-order valence-corrected chi connectivity index (χ4v) is 3.61. The standard InChI is InChI=1S/C13H26N2/c1-12(2,3)11-10-7-9(8-14-10)15(11)13(4,5)6/h9-11,14H,7-8H2,1-6H3/t9-,10-,11?/m0/s1. The fourth-order valence-electron chi connectivity index (χ4n) is 3.61. The average molecular weight is 210 g/mol. The van der Waals surface area contributed by atoms with E-state index in [0.29, 0.717) is 23.0 Å². The molecular weight excluding hydrogens is 184 g/mol. The van der Waals surface area contributed by atoms with E-state index in [4.69, 9.17) is 0 Å². The van der Waals surface area contributed by atoms with Crippen molar-refractivity contribution < 1.29 is 0 Å². The SMILES string of the molecule is CC(C)(C)C1[C@@H]2C[C@@H](CN2)N1C(C)(C)C. The van der Waals surface area contributed by atoms with Crippen molar-refractivity contribution in [2.24, 2.45) is 5.41 Å². The summed E-state index contributed by atoms with van der Waals surface area (Å²) in [7, 11) is 0. The van der Waals surface area contributed by atoms with Gasteiger partial charge < -0.3 is 5.32 Å². The molecule has 1 unspecified atom stereocenters. The molecule has 2 fully saturated rings. The van der Waals surface area contributed by atoms with Gasteiger partial charge in [-0.3, -0.25) is 4.90 Å². The Balaban J connectivity index is 2.28. The zero-order valence-electron chi connectivity index (χ0n) is 11.1. The average Bonchev–Trinajstić information content (AvgIpc) is 2.56. The van der Waals surface area contributed by atoms with Crippen molar-refractivity contribution in [1.29, 1.82) is 0 Å². The van der Waals surface area contributed by atoms with E-state index in [-0.39, 0.29) is 0 Å². The third-order valence-electron chi connectivity index (χ3n) is 3.88. The lowest BCUT2D eigenvalue weighted by Crippen LogP contribution is -2.62. The van der Waals surface area contributed by atoms with Gasteiger partial charge in [0.15, 0.2) is 0 Å². The van der Waals surface area contributed by atoms with Crippen LogP contribution in [0.3, 0.4) is 0 Å². The van der Waals surface area contributed by atoms with E-state index in [2.05, 4.69) is 51.8 Å². The first-order chi connectivity index (χ1) is 6.71. The molecule has 2 aliphatic rings. The van der Waals surface area contributed by atoms with Crippen LogP contribution in [0.15, 0.2) is 0 Å². The number of fused-ring (bicyclic) bond motifs is 2. The van der Waals surface area contributed by atoms with Crippen molar-refractivity contribution in [1.82, 2.24) is 10.2 Å². The summed E-state index contributed by atoms with van der Waals surface area (Å²) in [5.74, 6) is 0. The molecule has 0 saturated carbocycles. The van der Waals surface area contributed by atoms with E-state index >= 15 is 0 Å². The zero-order valence-corrected chi connectivity index (χ0v) is 11.1. The van der Waals surface area contributed by atoms with Gasteiger partial charge in [0.05, 0.1) is 0 Å². The maximum Gasteiger partial charge on any atom is 0.0307 e. The van der Waals surface area contributed by atoms with Gasteiger partial charge in [-0.05, 0) is 32.6 Å². The molecule has 0 aliphatic carbocycles. The summed E-state index contributed by atoms with van der Waals surface area (Å²) in [5, 5.41) is 3.67. The molecule has 2 aliphatic heterocycles. The van der Waals surface area contributed by atoms with Gasteiger partial charge in [-0.25, -0.2) is 0 Å². The van der Waals surface area contributed by atoms with Crippen LogP contribution >= 0.6 is 0 Å². The number of rotatable bonds is 0. The van der Waals surface area contributed by atoms with Crippen LogP contribution in [-0.4, -0.2) is 35.1 Å². The van der Waals surface area contributed by atoms with Crippen LogP contribution in [0.5, 0.6) is 0 Å². The predicted molar refractivity (Wildman–Crippen MR) is 65.0 cm³/mol. The van der Waals surface area contributed by atoms with Gasteiger partial charge in [0, 0.05) is 30.2 Å². The molecule has 2 nitrogen and oxygen atoms in total. The molecule has 3 atom stereocenters. The molecule has 0 amide bonds. The van der Waals surface area contributed by atoms with Crippen molar-refractivity contribution >= 4 is 0 Å². The van der Waals surface area contributed by atoms with E-state index in [9.17, 15) is 0 Å². The molecule has 1 N–H and O–H groups in total. The van der Waals surface area contributed by atoms with Crippen molar-refractivity contribution in [3.63, 3.8) is 0 Å². The summed E-state index contributed by atoms with van der Waals surface area (Å²) in [6, 6.07) is 2.17. The molecule has 0 spiro atoms. The lowest BCUT2D eigenvalue weighted by molar-refractivity contribution is 0.000941. The van der Waals surface area contributed by atoms with Gasteiger partial charge in [-0.15, -0.1) is 0 Å². The van der Waals surface area contributed by atoms with E-state index in [1.54, 1.807) is 0 Å². The molecule has 2 bridgehead atoms. The highest BCUT2D eigenvalue weighted by atomic mass is 15.3. The quantitative estimate of drug-likeness (QED) is 0.659. The lowest BCUT2D eigenvalue weighted by Gasteiger charge is -2.49. The topological polar surface area (TPSA) is 15.3 Å². The van der Waals surface area contributed by atoms with Crippen molar-refractivity contribution in [2.75, 3.05) is 6.54 Å². The number of hydrogen-bond donors (Lipinski definition) is 1. The number of likely N-dealkylation sites (tertiary alicyclic amines) is 1. The summed E-state index contributed by atoms with van der Waals surface area (Å²) in [6.45, 7) is 15.4. The van der Waals surface area contributed by atoms with Gasteiger partial charge in [0.25, 0.3) is 0 Å². The highest BCUT2D eigenvalue weighted by Crippen LogP contribution is 2.43. The first kappa shape index (κ1) is 11.4. The fraction of sp³-hybridized carbons (Fsp3) is 1.00. The molecule has 0 aromatic rings.